The maximum absolute atomic E-state index is 6.32. The second-order valence-electron chi connectivity index (χ2n) is 5.97. The molecule has 1 saturated heterocycles. The smallest absolute Gasteiger partial charge is 0.0309 e. The molecule has 0 radical (unpaired) electrons. The van der Waals surface area contributed by atoms with Crippen LogP contribution in [-0.2, 0) is 0 Å². The lowest BCUT2D eigenvalue weighted by atomic mass is 9.99. The van der Waals surface area contributed by atoms with E-state index in [9.17, 15) is 0 Å². The van der Waals surface area contributed by atoms with Crippen molar-refractivity contribution < 1.29 is 0 Å². The van der Waals surface area contributed by atoms with Crippen LogP contribution in [0.5, 0.6) is 0 Å². The second kappa shape index (κ2) is 5.85. The average Bonchev–Trinajstić information content (AvgIpc) is 2.66. The van der Waals surface area contributed by atoms with Crippen molar-refractivity contribution in [2.24, 2.45) is 17.6 Å². The minimum Gasteiger partial charge on any atom is -0.324 e. The number of nitrogens with zero attached hydrogens (tertiary/aromatic N) is 1. The predicted octanol–water partition coefficient (Wildman–Crippen LogP) is 2.97. The van der Waals surface area contributed by atoms with Crippen LogP contribution in [0, 0.1) is 18.8 Å². The fourth-order valence-corrected chi connectivity index (χ4v) is 2.91. The van der Waals surface area contributed by atoms with E-state index in [0.29, 0.717) is 0 Å². The van der Waals surface area contributed by atoms with Crippen LogP contribution in [0.1, 0.15) is 37.4 Å². The summed E-state index contributed by atoms with van der Waals surface area (Å²) in [6.45, 7) is 10.5. The van der Waals surface area contributed by atoms with Crippen molar-refractivity contribution in [2.75, 3.05) is 19.6 Å². The van der Waals surface area contributed by atoms with E-state index in [0.717, 1.165) is 24.8 Å². The number of rotatable bonds is 4. The lowest BCUT2D eigenvalue weighted by molar-refractivity contribution is 0.309. The van der Waals surface area contributed by atoms with Gasteiger partial charge >= 0.3 is 0 Å². The van der Waals surface area contributed by atoms with Crippen molar-refractivity contribution in [2.45, 2.75) is 33.2 Å². The zero-order chi connectivity index (χ0) is 13.1. The summed E-state index contributed by atoms with van der Waals surface area (Å²) in [5, 5.41) is 0. The van der Waals surface area contributed by atoms with Crippen molar-refractivity contribution in [1.82, 2.24) is 4.90 Å². The van der Waals surface area contributed by atoms with Crippen molar-refractivity contribution in [3.8, 4) is 0 Å². The van der Waals surface area contributed by atoms with E-state index in [1.807, 2.05) is 0 Å². The Balaban J connectivity index is 1.86. The van der Waals surface area contributed by atoms with Crippen LogP contribution in [0.15, 0.2) is 24.3 Å². The summed E-state index contributed by atoms with van der Waals surface area (Å²) >= 11 is 0. The van der Waals surface area contributed by atoms with E-state index in [-0.39, 0.29) is 6.04 Å². The minimum absolute atomic E-state index is 0.178. The van der Waals surface area contributed by atoms with Gasteiger partial charge in [0.2, 0.25) is 0 Å². The molecule has 2 nitrogen and oxygen atoms in total. The highest BCUT2D eigenvalue weighted by molar-refractivity contribution is 5.28. The molecule has 3 unspecified atom stereocenters. The first-order valence-electron chi connectivity index (χ1n) is 7.11. The topological polar surface area (TPSA) is 29.3 Å². The highest BCUT2D eigenvalue weighted by Gasteiger charge is 2.25. The van der Waals surface area contributed by atoms with Crippen molar-refractivity contribution in [3.63, 3.8) is 0 Å². The monoisotopic (exact) mass is 246 g/mol. The third kappa shape index (κ3) is 3.12. The summed E-state index contributed by atoms with van der Waals surface area (Å²) in [7, 11) is 0. The van der Waals surface area contributed by atoms with Gasteiger partial charge < -0.3 is 10.6 Å². The molecule has 0 aliphatic carbocycles. The molecule has 0 saturated carbocycles. The molecular weight excluding hydrogens is 220 g/mol. The van der Waals surface area contributed by atoms with E-state index < -0.39 is 0 Å². The molecule has 100 valence electrons. The first kappa shape index (κ1) is 13.6. The summed E-state index contributed by atoms with van der Waals surface area (Å²) in [6.07, 6.45) is 1.06. The zero-order valence-corrected chi connectivity index (χ0v) is 11.9. The number of hydrogen-bond acceptors (Lipinski definition) is 2. The summed E-state index contributed by atoms with van der Waals surface area (Å²) < 4.78 is 0. The van der Waals surface area contributed by atoms with Gasteiger partial charge in [-0.2, -0.15) is 0 Å². The van der Waals surface area contributed by atoms with Gasteiger partial charge in [-0.3, -0.25) is 0 Å². The maximum Gasteiger partial charge on any atom is 0.0309 e. The van der Waals surface area contributed by atoms with Crippen LogP contribution >= 0.6 is 0 Å². The fraction of sp³-hybridized carbons (Fsp3) is 0.625. The highest BCUT2D eigenvalue weighted by atomic mass is 15.1. The Bertz CT molecular complexity index is 378. The highest BCUT2D eigenvalue weighted by Crippen LogP contribution is 2.24. The molecule has 1 heterocycles. The predicted molar refractivity (Wildman–Crippen MR) is 77.5 cm³/mol. The third-order valence-corrected chi connectivity index (χ3v) is 4.41. The van der Waals surface area contributed by atoms with Gasteiger partial charge in [-0.05, 0) is 42.9 Å². The largest absolute Gasteiger partial charge is 0.324 e. The van der Waals surface area contributed by atoms with Gasteiger partial charge in [0.15, 0.2) is 0 Å². The first-order chi connectivity index (χ1) is 8.58. The zero-order valence-electron chi connectivity index (χ0n) is 11.9. The lowest BCUT2D eigenvalue weighted by Gasteiger charge is -2.20. The Kier molecular flexibility index (Phi) is 4.41. The molecule has 0 aromatic heterocycles. The fourth-order valence-electron chi connectivity index (χ4n) is 2.91. The molecular formula is C16H26N2. The summed E-state index contributed by atoms with van der Waals surface area (Å²) in [4.78, 5) is 2.56. The average molecular weight is 246 g/mol. The van der Waals surface area contributed by atoms with E-state index in [4.69, 9.17) is 5.73 Å². The minimum atomic E-state index is 0.178. The number of likely N-dealkylation sites (tertiary alicyclic amines) is 1. The van der Waals surface area contributed by atoms with Gasteiger partial charge in [0.05, 0.1) is 0 Å². The molecule has 3 atom stereocenters. The van der Waals surface area contributed by atoms with Gasteiger partial charge in [-0.1, -0.05) is 38.1 Å². The van der Waals surface area contributed by atoms with Crippen molar-refractivity contribution in [1.29, 1.82) is 0 Å². The number of aryl methyl sites for hydroxylation is 1. The van der Waals surface area contributed by atoms with Crippen LogP contribution in [-0.4, -0.2) is 24.5 Å². The quantitative estimate of drug-likeness (QED) is 0.885. The normalized spacial score (nSPS) is 26.4. The van der Waals surface area contributed by atoms with Crippen LogP contribution < -0.4 is 5.73 Å². The van der Waals surface area contributed by atoms with E-state index in [1.54, 1.807) is 0 Å². The molecule has 0 amide bonds. The Morgan fingerprint density at radius 2 is 1.83 bits per heavy atom. The lowest BCUT2D eigenvalue weighted by Crippen LogP contribution is -2.25. The molecule has 1 aliphatic heterocycles. The summed E-state index contributed by atoms with van der Waals surface area (Å²) in [5.41, 5.74) is 8.93. The molecule has 1 aromatic carbocycles. The van der Waals surface area contributed by atoms with Crippen LogP contribution in [0.4, 0.5) is 0 Å². The van der Waals surface area contributed by atoms with E-state index in [1.165, 1.54) is 24.2 Å². The molecule has 2 rings (SSSR count). The van der Waals surface area contributed by atoms with Crippen molar-refractivity contribution >= 4 is 0 Å². The Morgan fingerprint density at radius 1 is 1.22 bits per heavy atom. The molecule has 2 heteroatoms. The Hall–Kier alpha value is -0.860. The van der Waals surface area contributed by atoms with Crippen molar-refractivity contribution in [3.05, 3.63) is 35.4 Å². The molecule has 1 aliphatic rings. The second-order valence-corrected chi connectivity index (χ2v) is 5.97. The maximum atomic E-state index is 6.32. The van der Waals surface area contributed by atoms with Gasteiger partial charge in [0.25, 0.3) is 0 Å². The number of benzene rings is 1. The number of hydrogen-bond donors (Lipinski definition) is 1. The summed E-state index contributed by atoms with van der Waals surface area (Å²) in [6, 6.07) is 8.65. The molecule has 0 spiro atoms. The van der Waals surface area contributed by atoms with Gasteiger partial charge in [-0.15, -0.1) is 0 Å². The third-order valence-electron chi connectivity index (χ3n) is 4.41. The van der Waals surface area contributed by atoms with Crippen LogP contribution in [0.2, 0.25) is 0 Å². The van der Waals surface area contributed by atoms with E-state index >= 15 is 0 Å². The van der Waals surface area contributed by atoms with Gasteiger partial charge in [0, 0.05) is 19.1 Å². The first-order valence-corrected chi connectivity index (χ1v) is 7.11. The Morgan fingerprint density at radius 3 is 2.44 bits per heavy atom. The molecule has 0 bridgehead atoms. The Labute approximate surface area is 111 Å². The summed E-state index contributed by atoms with van der Waals surface area (Å²) in [5.74, 6) is 1.67. The molecule has 1 aromatic rings. The number of nitrogens with two attached hydrogens (primary N) is 1. The molecule has 18 heavy (non-hydrogen) atoms. The SMILES string of the molecule is Cc1ccccc1C(N)CCN1CC(C)C(C)C1. The van der Waals surface area contributed by atoms with E-state index in [2.05, 4.69) is 49.9 Å². The molecule has 2 N–H and O–H groups in total. The van der Waals surface area contributed by atoms with Crippen LogP contribution in [0.25, 0.3) is 0 Å². The van der Waals surface area contributed by atoms with Gasteiger partial charge in [-0.25, -0.2) is 0 Å². The molecule has 1 fully saturated rings. The van der Waals surface area contributed by atoms with Crippen LogP contribution in [0.3, 0.4) is 0 Å². The standard InChI is InChI=1S/C16H26N2/c1-12-6-4-5-7-15(12)16(17)8-9-18-10-13(2)14(3)11-18/h4-7,13-14,16H,8-11,17H2,1-3H3. The van der Waals surface area contributed by atoms with Gasteiger partial charge in [0.1, 0.15) is 0 Å².